The van der Waals surface area contributed by atoms with Gasteiger partial charge in [0.15, 0.2) is 6.10 Å². The third kappa shape index (κ3) is 4.93. The van der Waals surface area contributed by atoms with Gasteiger partial charge in [-0.05, 0) is 63.9 Å². The third-order valence-electron chi connectivity index (χ3n) is 6.50. The minimum atomic E-state index is -0.938. The van der Waals surface area contributed by atoms with Crippen LogP contribution in [0.25, 0.3) is 0 Å². The van der Waals surface area contributed by atoms with Crippen molar-refractivity contribution in [2.24, 2.45) is 11.8 Å². The highest BCUT2D eigenvalue weighted by Gasteiger charge is 2.36. The molecular formula is C23H29N3O4S. The highest BCUT2D eigenvalue weighted by atomic mass is 32.1. The molecule has 1 N–H and O–H groups in total. The van der Waals surface area contributed by atoms with Crippen LogP contribution in [0.15, 0.2) is 0 Å². The lowest BCUT2D eigenvalue weighted by atomic mass is 9.96. The Bertz CT molecular complexity index is 907. The smallest absolute Gasteiger partial charge is 0.309 e. The summed E-state index contributed by atoms with van der Waals surface area (Å²) in [6, 6.07) is 2.25. The number of nitriles is 1. The fourth-order valence-corrected chi connectivity index (χ4v) is 5.65. The molecular weight excluding hydrogens is 414 g/mol. The monoisotopic (exact) mass is 443 g/mol. The highest BCUT2D eigenvalue weighted by Crippen LogP contribution is 2.37. The number of hydrogen-bond donors (Lipinski definition) is 1. The lowest BCUT2D eigenvalue weighted by Crippen LogP contribution is -2.42. The maximum Gasteiger partial charge on any atom is 0.309 e. The summed E-state index contributed by atoms with van der Waals surface area (Å²) in [7, 11) is 0. The lowest BCUT2D eigenvalue weighted by Gasteiger charge is -2.31. The van der Waals surface area contributed by atoms with Crippen molar-refractivity contribution in [2.45, 2.75) is 70.8 Å². The SMILES string of the molecule is CC(OC(=O)C1CCN(C(=O)C2CC2)CC1)C(=O)Nc1sc2c(c1C#N)CCCCC2. The van der Waals surface area contributed by atoms with E-state index in [1.165, 1.54) is 16.2 Å². The van der Waals surface area contributed by atoms with Crippen molar-refractivity contribution >= 4 is 34.1 Å². The third-order valence-corrected chi connectivity index (χ3v) is 7.71. The van der Waals surface area contributed by atoms with Crippen molar-refractivity contribution in [3.8, 4) is 6.07 Å². The Morgan fingerprint density at radius 1 is 1.10 bits per heavy atom. The molecule has 8 heteroatoms. The predicted molar refractivity (Wildman–Crippen MR) is 117 cm³/mol. The molecule has 1 aromatic rings. The van der Waals surface area contributed by atoms with Gasteiger partial charge in [0.1, 0.15) is 11.1 Å². The van der Waals surface area contributed by atoms with Gasteiger partial charge in [-0.1, -0.05) is 6.42 Å². The average Bonchev–Trinajstić information content (AvgIpc) is 3.59. The standard InChI is InChI=1S/C23H29N3O4S/c1-14(30-23(29)16-9-11-26(12-10-16)22(28)15-7-8-15)20(27)25-21-18(13-24)17-5-3-2-4-6-19(17)31-21/h14-16H,2-12H2,1H3,(H,25,27). The number of carbonyl (C=O) groups is 3. The molecule has 1 aliphatic heterocycles. The summed E-state index contributed by atoms with van der Waals surface area (Å²) >= 11 is 1.47. The number of esters is 1. The molecule has 1 saturated carbocycles. The molecule has 1 unspecified atom stereocenters. The number of anilines is 1. The molecule has 4 rings (SSSR count). The molecule has 0 spiro atoms. The van der Waals surface area contributed by atoms with Crippen molar-refractivity contribution < 1.29 is 19.1 Å². The topological polar surface area (TPSA) is 99.5 Å². The van der Waals surface area contributed by atoms with Gasteiger partial charge < -0.3 is 15.0 Å². The van der Waals surface area contributed by atoms with Crippen LogP contribution in [0.5, 0.6) is 0 Å². The van der Waals surface area contributed by atoms with E-state index in [2.05, 4.69) is 11.4 Å². The average molecular weight is 444 g/mol. The number of ether oxygens (including phenoxy) is 1. The van der Waals surface area contributed by atoms with Crippen LogP contribution < -0.4 is 5.32 Å². The minimum absolute atomic E-state index is 0.192. The molecule has 166 valence electrons. The zero-order valence-corrected chi connectivity index (χ0v) is 18.8. The van der Waals surface area contributed by atoms with E-state index < -0.39 is 12.0 Å². The van der Waals surface area contributed by atoms with Crippen LogP contribution in [0.1, 0.15) is 67.9 Å². The van der Waals surface area contributed by atoms with Gasteiger partial charge in [-0.15, -0.1) is 11.3 Å². The molecule has 2 amide bonds. The van der Waals surface area contributed by atoms with Crippen LogP contribution >= 0.6 is 11.3 Å². The Hall–Kier alpha value is -2.40. The zero-order chi connectivity index (χ0) is 22.0. The molecule has 2 heterocycles. The van der Waals surface area contributed by atoms with Gasteiger partial charge in [-0.2, -0.15) is 5.26 Å². The van der Waals surface area contributed by atoms with Crippen LogP contribution in [0.3, 0.4) is 0 Å². The van der Waals surface area contributed by atoms with Crippen LogP contribution in [0.4, 0.5) is 5.00 Å². The number of fused-ring (bicyclic) bond motifs is 1. The number of piperidine rings is 1. The molecule has 7 nitrogen and oxygen atoms in total. The van der Waals surface area contributed by atoms with E-state index in [0.717, 1.165) is 50.5 Å². The first-order valence-electron chi connectivity index (χ1n) is 11.3. The number of thiophene rings is 1. The van der Waals surface area contributed by atoms with Gasteiger partial charge >= 0.3 is 5.97 Å². The van der Waals surface area contributed by atoms with Crippen molar-refractivity contribution in [2.75, 3.05) is 18.4 Å². The van der Waals surface area contributed by atoms with E-state index in [1.807, 2.05) is 4.90 Å². The molecule has 31 heavy (non-hydrogen) atoms. The van der Waals surface area contributed by atoms with Gasteiger partial charge in [0, 0.05) is 23.9 Å². The lowest BCUT2D eigenvalue weighted by molar-refractivity contribution is -0.159. The fraction of sp³-hybridized carbons (Fsp3) is 0.652. The summed E-state index contributed by atoms with van der Waals surface area (Å²) in [5.74, 6) is -0.683. The van der Waals surface area contributed by atoms with Crippen LogP contribution in [-0.2, 0) is 32.0 Å². The van der Waals surface area contributed by atoms with Gasteiger partial charge in [-0.3, -0.25) is 14.4 Å². The van der Waals surface area contributed by atoms with Gasteiger partial charge in [0.25, 0.3) is 5.91 Å². The zero-order valence-electron chi connectivity index (χ0n) is 17.9. The van der Waals surface area contributed by atoms with E-state index in [4.69, 9.17) is 4.74 Å². The first-order chi connectivity index (χ1) is 15.0. The number of nitrogens with one attached hydrogen (secondary N) is 1. The van der Waals surface area contributed by atoms with Gasteiger partial charge in [0.05, 0.1) is 11.5 Å². The van der Waals surface area contributed by atoms with E-state index in [0.29, 0.717) is 36.5 Å². The predicted octanol–water partition coefficient (Wildman–Crippen LogP) is 3.41. The summed E-state index contributed by atoms with van der Waals surface area (Å²) in [5.41, 5.74) is 1.62. The molecule has 1 saturated heterocycles. The van der Waals surface area contributed by atoms with Crippen LogP contribution in [-0.4, -0.2) is 41.9 Å². The number of likely N-dealkylation sites (tertiary alicyclic amines) is 1. The fourth-order valence-electron chi connectivity index (χ4n) is 4.41. The number of hydrogen-bond acceptors (Lipinski definition) is 6. The molecule has 0 aromatic carbocycles. The first kappa shape index (κ1) is 21.8. The Morgan fingerprint density at radius 2 is 1.81 bits per heavy atom. The summed E-state index contributed by atoms with van der Waals surface area (Å²) < 4.78 is 5.44. The summed E-state index contributed by atoms with van der Waals surface area (Å²) in [6.07, 6.45) is 7.30. The first-order valence-corrected chi connectivity index (χ1v) is 12.1. The second-order valence-corrected chi connectivity index (χ2v) is 9.93. The second-order valence-electron chi connectivity index (χ2n) is 8.82. The Morgan fingerprint density at radius 3 is 2.48 bits per heavy atom. The van der Waals surface area contributed by atoms with Crippen molar-refractivity contribution in [3.63, 3.8) is 0 Å². The molecule has 2 fully saturated rings. The quantitative estimate of drug-likeness (QED) is 0.555. The molecule has 0 bridgehead atoms. The van der Waals surface area contributed by atoms with E-state index in [1.54, 1.807) is 6.92 Å². The van der Waals surface area contributed by atoms with Gasteiger partial charge in [0.2, 0.25) is 5.91 Å². The largest absolute Gasteiger partial charge is 0.452 e. The minimum Gasteiger partial charge on any atom is -0.452 e. The summed E-state index contributed by atoms with van der Waals surface area (Å²) in [5, 5.41) is 13.0. The number of aryl methyl sites for hydroxylation is 1. The number of carbonyl (C=O) groups excluding carboxylic acids is 3. The summed E-state index contributed by atoms with van der Waals surface area (Å²) in [4.78, 5) is 40.4. The number of rotatable bonds is 5. The van der Waals surface area contributed by atoms with Crippen molar-refractivity contribution in [1.82, 2.24) is 4.90 Å². The summed E-state index contributed by atoms with van der Waals surface area (Å²) in [6.45, 7) is 2.70. The maximum atomic E-state index is 12.7. The van der Waals surface area contributed by atoms with Crippen LogP contribution in [0, 0.1) is 23.2 Å². The number of nitrogens with zero attached hydrogens (tertiary/aromatic N) is 2. The van der Waals surface area contributed by atoms with Crippen LogP contribution in [0.2, 0.25) is 0 Å². The molecule has 1 aromatic heterocycles. The van der Waals surface area contributed by atoms with E-state index in [9.17, 15) is 19.6 Å². The molecule has 0 radical (unpaired) electrons. The number of amides is 2. The van der Waals surface area contributed by atoms with Gasteiger partial charge in [-0.25, -0.2) is 0 Å². The molecule has 1 atom stereocenters. The molecule has 2 aliphatic carbocycles. The second kappa shape index (κ2) is 9.39. The Balaban J connectivity index is 1.30. The Labute approximate surface area is 186 Å². The van der Waals surface area contributed by atoms with E-state index in [-0.39, 0.29) is 23.7 Å². The van der Waals surface area contributed by atoms with Crippen molar-refractivity contribution in [1.29, 1.82) is 5.26 Å². The highest BCUT2D eigenvalue weighted by molar-refractivity contribution is 7.16. The Kier molecular flexibility index (Phi) is 6.61. The maximum absolute atomic E-state index is 12.7. The van der Waals surface area contributed by atoms with Crippen molar-refractivity contribution in [3.05, 3.63) is 16.0 Å². The molecule has 3 aliphatic rings. The normalized spacial score (nSPS) is 20.2. The van der Waals surface area contributed by atoms with E-state index >= 15 is 0 Å².